The van der Waals surface area contributed by atoms with Gasteiger partial charge in [-0.2, -0.15) is 4.98 Å². The van der Waals surface area contributed by atoms with E-state index >= 15 is 0 Å². The van der Waals surface area contributed by atoms with Crippen LogP contribution in [-0.4, -0.2) is 57.3 Å². The van der Waals surface area contributed by atoms with Crippen LogP contribution < -0.4 is 21.3 Å². The average Bonchev–Trinajstić information content (AvgIpc) is 2.88. The van der Waals surface area contributed by atoms with E-state index < -0.39 is 0 Å². The fourth-order valence-corrected chi connectivity index (χ4v) is 4.50. The van der Waals surface area contributed by atoms with Crippen LogP contribution in [0.5, 0.6) is 0 Å². The largest absolute Gasteiger partial charge is 0.355 e. The summed E-state index contributed by atoms with van der Waals surface area (Å²) in [5.41, 5.74) is 5.39. The Bertz CT molecular complexity index is 1380. The van der Waals surface area contributed by atoms with Gasteiger partial charge in [-0.15, -0.1) is 0 Å². The molecule has 0 aliphatic carbocycles. The Labute approximate surface area is 239 Å². The van der Waals surface area contributed by atoms with Gasteiger partial charge in [0.1, 0.15) is 11.4 Å². The lowest BCUT2D eigenvalue weighted by Gasteiger charge is -2.29. The number of benzene rings is 1. The van der Waals surface area contributed by atoms with Crippen LogP contribution in [0.3, 0.4) is 0 Å². The van der Waals surface area contributed by atoms with Gasteiger partial charge in [-0.05, 0) is 55.7 Å². The molecule has 1 aliphatic rings. The first-order valence-electron chi connectivity index (χ1n) is 13.7. The molecule has 0 atom stereocenters. The van der Waals surface area contributed by atoms with E-state index in [0.29, 0.717) is 23.9 Å². The summed E-state index contributed by atoms with van der Waals surface area (Å²) >= 11 is 0. The zero-order valence-corrected chi connectivity index (χ0v) is 24.3. The van der Waals surface area contributed by atoms with Crippen LogP contribution in [0.15, 0.2) is 42.7 Å². The number of carbonyl (C=O) groups excluding carboxylic acids is 2. The van der Waals surface area contributed by atoms with Crippen molar-refractivity contribution in [2.24, 2.45) is 0 Å². The smallest absolute Gasteiger partial charge is 0.256 e. The number of hydrogen-bond donors (Lipinski definition) is 4. The van der Waals surface area contributed by atoms with Crippen LogP contribution in [0.2, 0.25) is 0 Å². The van der Waals surface area contributed by atoms with Crippen molar-refractivity contribution >= 4 is 35.0 Å². The monoisotopic (exact) mass is 548 g/mol. The molecule has 10 nitrogen and oxygen atoms in total. The maximum atomic E-state index is 13.0. The highest BCUT2D eigenvalue weighted by Gasteiger charge is 2.20. The number of pyridine rings is 1. The number of nitrogens with zero attached hydrogens (tertiary/aromatic N) is 4. The summed E-state index contributed by atoms with van der Waals surface area (Å²) in [4.78, 5) is 40.1. The van der Waals surface area contributed by atoms with Crippen LogP contribution in [0.4, 0.5) is 23.1 Å². The molecule has 0 spiro atoms. The first-order chi connectivity index (χ1) is 19.0. The minimum atomic E-state index is -0.244. The highest BCUT2D eigenvalue weighted by molar-refractivity contribution is 5.99. The molecule has 2 amide bonds. The van der Waals surface area contributed by atoms with Gasteiger partial charge < -0.3 is 21.3 Å². The second-order valence-corrected chi connectivity index (χ2v) is 11.5. The molecular formula is C30H44N8O2. The summed E-state index contributed by atoms with van der Waals surface area (Å²) in [5.74, 6) is 0.555. The maximum absolute atomic E-state index is 13.0. The Balaban J connectivity index is 0.00000308. The minimum absolute atomic E-state index is 0. The van der Waals surface area contributed by atoms with E-state index in [4.69, 9.17) is 4.98 Å². The summed E-state index contributed by atoms with van der Waals surface area (Å²) in [6, 6.07) is 10.1. The zero-order valence-electron chi connectivity index (χ0n) is 24.3. The van der Waals surface area contributed by atoms with E-state index in [-0.39, 0.29) is 26.1 Å². The number of nitrogens with one attached hydrogen (secondary N) is 4. The fraction of sp³-hybridized carbons (Fsp3) is 0.433. The Kier molecular flexibility index (Phi) is 8.99. The van der Waals surface area contributed by atoms with Crippen LogP contribution in [0.1, 0.15) is 71.6 Å². The van der Waals surface area contributed by atoms with E-state index in [1.165, 1.54) is 11.1 Å². The normalized spacial score (nSPS) is 13.5. The van der Waals surface area contributed by atoms with Crippen molar-refractivity contribution < 1.29 is 12.4 Å². The van der Waals surface area contributed by atoms with Crippen molar-refractivity contribution in [3.63, 3.8) is 0 Å². The lowest BCUT2D eigenvalue weighted by molar-refractivity contribution is -0.119. The summed E-state index contributed by atoms with van der Waals surface area (Å²) in [6.07, 6.45) is 4.23. The molecule has 0 bridgehead atoms. The zero-order chi connectivity index (χ0) is 28.9. The van der Waals surface area contributed by atoms with Crippen molar-refractivity contribution in [3.8, 4) is 0 Å². The molecule has 3 heterocycles. The Morgan fingerprint density at radius 1 is 1.05 bits per heavy atom. The second kappa shape index (κ2) is 12.4. The van der Waals surface area contributed by atoms with Gasteiger partial charge in [-0.3, -0.25) is 19.5 Å². The van der Waals surface area contributed by atoms with Crippen molar-refractivity contribution in [1.82, 2.24) is 30.5 Å². The van der Waals surface area contributed by atoms with Gasteiger partial charge in [0.05, 0.1) is 0 Å². The fourth-order valence-electron chi connectivity index (χ4n) is 4.50. The average molecular weight is 549 g/mol. The molecule has 1 aliphatic heterocycles. The quantitative estimate of drug-likeness (QED) is 0.301. The molecule has 2 aromatic heterocycles. The molecule has 1 aromatic carbocycles. The standard InChI is InChI=1S/C30H40N8O2.2H2/c1-19(2)34-28(40)25-17-33-29(37-27(25)35-24-9-11-32-26(16-24)30(4,5)6)36-23-8-7-22-18-38(13-10-21(22)15-23)14-12-31-20(3)39;;/h7-9,11,15-17,19H,10,12-14,18H2,1-6H3,(H,31,39)(H,34,40)(H2,32,33,35,36,37);2*1H. The van der Waals surface area contributed by atoms with Gasteiger partial charge in [0.25, 0.3) is 5.91 Å². The van der Waals surface area contributed by atoms with Crippen molar-refractivity contribution in [2.45, 2.75) is 66.0 Å². The van der Waals surface area contributed by atoms with Crippen LogP contribution in [0, 0.1) is 0 Å². The van der Waals surface area contributed by atoms with Gasteiger partial charge in [-0.1, -0.05) is 26.8 Å². The number of amides is 2. The first-order valence-corrected chi connectivity index (χ1v) is 13.7. The highest BCUT2D eigenvalue weighted by Crippen LogP contribution is 2.27. The number of aromatic nitrogens is 3. The van der Waals surface area contributed by atoms with E-state index in [1.807, 2.05) is 32.0 Å². The predicted molar refractivity (Wildman–Crippen MR) is 162 cm³/mol. The van der Waals surface area contributed by atoms with Gasteiger partial charge in [-0.25, -0.2) is 4.98 Å². The number of anilines is 4. The van der Waals surface area contributed by atoms with E-state index in [0.717, 1.165) is 43.1 Å². The van der Waals surface area contributed by atoms with Gasteiger partial charge in [0.15, 0.2) is 0 Å². The molecule has 0 radical (unpaired) electrons. The Morgan fingerprint density at radius 3 is 2.55 bits per heavy atom. The summed E-state index contributed by atoms with van der Waals surface area (Å²) in [6.45, 7) is 15.0. The van der Waals surface area contributed by atoms with Gasteiger partial charge in [0, 0.05) is 76.9 Å². The van der Waals surface area contributed by atoms with Crippen molar-refractivity contribution in [1.29, 1.82) is 0 Å². The number of fused-ring (bicyclic) bond motifs is 1. The summed E-state index contributed by atoms with van der Waals surface area (Å²) < 4.78 is 0. The third-order valence-corrected chi connectivity index (χ3v) is 6.60. The molecule has 0 saturated carbocycles. The van der Waals surface area contributed by atoms with Crippen molar-refractivity contribution in [3.05, 3.63) is 65.1 Å². The van der Waals surface area contributed by atoms with E-state index in [2.05, 4.69) is 69.0 Å². The molecule has 10 heteroatoms. The third-order valence-electron chi connectivity index (χ3n) is 6.60. The number of carbonyl (C=O) groups is 2. The molecule has 4 rings (SSSR count). The Morgan fingerprint density at radius 2 is 1.82 bits per heavy atom. The van der Waals surface area contributed by atoms with Gasteiger partial charge in [0.2, 0.25) is 11.9 Å². The van der Waals surface area contributed by atoms with E-state index in [9.17, 15) is 9.59 Å². The lowest BCUT2D eigenvalue weighted by Crippen LogP contribution is -2.37. The predicted octanol–water partition coefficient (Wildman–Crippen LogP) is 4.78. The molecule has 0 unspecified atom stereocenters. The van der Waals surface area contributed by atoms with Crippen molar-refractivity contribution in [2.75, 3.05) is 30.3 Å². The number of rotatable bonds is 9. The molecule has 0 saturated heterocycles. The molecular weight excluding hydrogens is 504 g/mol. The molecule has 40 heavy (non-hydrogen) atoms. The highest BCUT2D eigenvalue weighted by atomic mass is 16.2. The van der Waals surface area contributed by atoms with E-state index in [1.54, 1.807) is 19.3 Å². The molecule has 216 valence electrons. The third kappa shape index (κ3) is 7.75. The molecule has 0 fully saturated rings. The first kappa shape index (κ1) is 28.9. The number of hydrogen-bond acceptors (Lipinski definition) is 8. The van der Waals surface area contributed by atoms with Crippen LogP contribution in [0.25, 0.3) is 0 Å². The van der Waals surface area contributed by atoms with Crippen LogP contribution >= 0.6 is 0 Å². The topological polar surface area (TPSA) is 124 Å². The second-order valence-electron chi connectivity index (χ2n) is 11.5. The lowest BCUT2D eigenvalue weighted by atomic mass is 9.91. The summed E-state index contributed by atoms with van der Waals surface area (Å²) in [5, 5.41) is 12.4. The molecule has 4 N–H and O–H groups in total. The maximum Gasteiger partial charge on any atom is 0.256 e. The Hall–Kier alpha value is -4.05. The minimum Gasteiger partial charge on any atom is -0.355 e. The SMILES string of the molecule is CC(=O)NCCN1CCc2cc(Nc3ncc(C(=O)NC(C)C)c(Nc4ccnc(C(C)(C)C)c4)n3)ccc2C1.[HH].[HH]. The van der Waals surface area contributed by atoms with Gasteiger partial charge >= 0.3 is 0 Å². The molecule has 3 aromatic rings. The van der Waals surface area contributed by atoms with Crippen LogP contribution in [-0.2, 0) is 23.2 Å². The summed E-state index contributed by atoms with van der Waals surface area (Å²) in [7, 11) is 0.